The van der Waals surface area contributed by atoms with Crippen molar-refractivity contribution in [2.75, 3.05) is 26.8 Å². The molecule has 2 aromatic carbocycles. The van der Waals surface area contributed by atoms with E-state index in [-0.39, 0.29) is 11.7 Å². The van der Waals surface area contributed by atoms with Crippen molar-refractivity contribution in [1.82, 2.24) is 5.32 Å². The zero-order chi connectivity index (χ0) is 20.5. The molecule has 0 amide bonds. The predicted molar refractivity (Wildman–Crippen MR) is 112 cm³/mol. The molecule has 0 bridgehead atoms. The summed E-state index contributed by atoms with van der Waals surface area (Å²) in [5, 5.41) is 15.3. The maximum Gasteiger partial charge on any atom is 0.125 e. The number of hydrogen-bond acceptors (Lipinski definition) is 4. The van der Waals surface area contributed by atoms with E-state index in [2.05, 4.69) is 5.32 Å². The number of ether oxygens (including phenoxy) is 2. The van der Waals surface area contributed by atoms with Crippen molar-refractivity contribution < 1.29 is 19.0 Å². The maximum absolute atomic E-state index is 13.2. The highest BCUT2D eigenvalue weighted by Crippen LogP contribution is 2.42. The van der Waals surface area contributed by atoms with Crippen LogP contribution in [0.25, 0.3) is 0 Å². The molecule has 0 saturated carbocycles. The molecule has 158 valence electrons. The maximum atomic E-state index is 13.2. The summed E-state index contributed by atoms with van der Waals surface area (Å²) >= 11 is 0. The predicted octanol–water partition coefficient (Wildman–Crippen LogP) is 4.41. The smallest absolute Gasteiger partial charge is 0.125 e. The molecule has 5 heteroatoms. The minimum atomic E-state index is -0.958. The third kappa shape index (κ3) is 5.78. The number of piperidine rings is 1. The first-order valence-electron chi connectivity index (χ1n) is 10.5. The number of methoxy groups -OCH3 is 1. The summed E-state index contributed by atoms with van der Waals surface area (Å²) in [5.41, 5.74) is 0.776. The molecule has 0 radical (unpaired) electrons. The van der Waals surface area contributed by atoms with Gasteiger partial charge in [-0.3, -0.25) is 0 Å². The van der Waals surface area contributed by atoms with E-state index in [1.165, 1.54) is 12.1 Å². The van der Waals surface area contributed by atoms with E-state index in [1.54, 1.807) is 19.2 Å². The minimum Gasteiger partial charge on any atom is -0.489 e. The Balaban J connectivity index is 1.81. The Hall–Kier alpha value is -1.95. The van der Waals surface area contributed by atoms with Gasteiger partial charge in [-0.2, -0.15) is 0 Å². The molecule has 2 N–H and O–H groups in total. The number of rotatable bonds is 10. The monoisotopic (exact) mass is 401 g/mol. The van der Waals surface area contributed by atoms with Crippen LogP contribution in [0.15, 0.2) is 48.5 Å². The van der Waals surface area contributed by atoms with Gasteiger partial charge in [-0.1, -0.05) is 30.3 Å². The second-order valence-electron chi connectivity index (χ2n) is 7.83. The summed E-state index contributed by atoms with van der Waals surface area (Å²) in [6.45, 7) is 2.83. The summed E-state index contributed by atoms with van der Waals surface area (Å²) in [5.74, 6) is 0.565. The van der Waals surface area contributed by atoms with Crippen LogP contribution >= 0.6 is 0 Å². The summed E-state index contributed by atoms with van der Waals surface area (Å²) in [4.78, 5) is 0. The second-order valence-corrected chi connectivity index (χ2v) is 7.83. The number of aliphatic hydroxyl groups is 1. The van der Waals surface area contributed by atoms with Gasteiger partial charge in [0.05, 0.1) is 5.60 Å². The first kappa shape index (κ1) is 21.8. The van der Waals surface area contributed by atoms with Gasteiger partial charge in [-0.15, -0.1) is 0 Å². The van der Waals surface area contributed by atoms with Gasteiger partial charge in [-0.25, -0.2) is 4.39 Å². The number of unbranched alkanes of at least 4 members (excludes halogenated alkanes) is 1. The normalized spacial score (nSPS) is 18.9. The Morgan fingerprint density at radius 3 is 2.66 bits per heavy atom. The van der Waals surface area contributed by atoms with Crippen LogP contribution in [0, 0.1) is 11.7 Å². The van der Waals surface area contributed by atoms with Crippen molar-refractivity contribution >= 4 is 0 Å². The van der Waals surface area contributed by atoms with Crippen LogP contribution in [0.2, 0.25) is 0 Å². The lowest BCUT2D eigenvalue weighted by molar-refractivity contribution is -0.0454. The van der Waals surface area contributed by atoms with E-state index < -0.39 is 5.60 Å². The molecule has 1 aliphatic heterocycles. The van der Waals surface area contributed by atoms with Gasteiger partial charge in [-0.05, 0) is 62.4 Å². The van der Waals surface area contributed by atoms with Crippen molar-refractivity contribution in [3.63, 3.8) is 0 Å². The van der Waals surface area contributed by atoms with Crippen LogP contribution < -0.4 is 10.1 Å². The Bertz CT molecular complexity index is 746. The standard InChI is InChI=1S/C24H32FNO3/c1-28-16-5-4-14-24(27,20-7-6-15-26-17-20)22-8-2-3-9-23(22)29-18-19-10-12-21(25)13-11-19/h2-3,8-13,20,26-27H,4-7,14-18H2,1H3. The van der Waals surface area contributed by atoms with E-state index in [0.717, 1.165) is 49.9 Å². The van der Waals surface area contributed by atoms with Crippen molar-refractivity contribution in [2.45, 2.75) is 44.3 Å². The van der Waals surface area contributed by atoms with Crippen molar-refractivity contribution in [3.8, 4) is 5.75 Å². The van der Waals surface area contributed by atoms with Crippen LogP contribution in [0.5, 0.6) is 5.75 Å². The molecule has 0 aromatic heterocycles. The van der Waals surface area contributed by atoms with Gasteiger partial charge >= 0.3 is 0 Å². The van der Waals surface area contributed by atoms with Crippen LogP contribution in [-0.2, 0) is 16.9 Å². The molecule has 2 unspecified atom stereocenters. The van der Waals surface area contributed by atoms with Gasteiger partial charge in [0.1, 0.15) is 18.2 Å². The Morgan fingerprint density at radius 1 is 1.14 bits per heavy atom. The lowest BCUT2D eigenvalue weighted by atomic mass is 9.74. The molecule has 1 saturated heterocycles. The second kappa shape index (κ2) is 10.7. The zero-order valence-corrected chi connectivity index (χ0v) is 17.2. The highest BCUT2D eigenvalue weighted by molar-refractivity contribution is 5.39. The fourth-order valence-corrected chi connectivity index (χ4v) is 4.15. The van der Waals surface area contributed by atoms with Crippen LogP contribution in [0.1, 0.15) is 43.2 Å². The van der Waals surface area contributed by atoms with Crippen molar-refractivity contribution in [1.29, 1.82) is 0 Å². The average molecular weight is 402 g/mol. The number of hydrogen-bond donors (Lipinski definition) is 2. The highest BCUT2D eigenvalue weighted by Gasteiger charge is 2.40. The third-order valence-electron chi connectivity index (χ3n) is 5.79. The fourth-order valence-electron chi connectivity index (χ4n) is 4.15. The van der Waals surface area contributed by atoms with Gasteiger partial charge in [0.15, 0.2) is 0 Å². The molecule has 2 atom stereocenters. The topological polar surface area (TPSA) is 50.7 Å². The van der Waals surface area contributed by atoms with Crippen molar-refractivity contribution in [2.24, 2.45) is 5.92 Å². The molecule has 4 nitrogen and oxygen atoms in total. The molecule has 29 heavy (non-hydrogen) atoms. The van der Waals surface area contributed by atoms with E-state index >= 15 is 0 Å². The molecule has 2 aromatic rings. The van der Waals surface area contributed by atoms with E-state index in [9.17, 15) is 9.50 Å². The fraction of sp³-hybridized carbons (Fsp3) is 0.500. The van der Waals surface area contributed by atoms with Crippen molar-refractivity contribution in [3.05, 3.63) is 65.5 Å². The quantitative estimate of drug-likeness (QED) is 0.579. The van der Waals surface area contributed by atoms with Gasteiger partial charge in [0.25, 0.3) is 0 Å². The highest BCUT2D eigenvalue weighted by atomic mass is 19.1. The SMILES string of the molecule is COCCCCC(O)(c1ccccc1OCc1ccc(F)cc1)C1CCCNC1. The molecular formula is C24H32FNO3. The van der Waals surface area contributed by atoms with Crippen LogP contribution in [0.4, 0.5) is 4.39 Å². The minimum absolute atomic E-state index is 0.134. The molecule has 0 spiro atoms. The van der Waals surface area contributed by atoms with Crippen LogP contribution in [0.3, 0.4) is 0 Å². The molecular weight excluding hydrogens is 369 g/mol. The van der Waals surface area contributed by atoms with Gasteiger partial charge in [0, 0.05) is 31.7 Å². The molecule has 3 rings (SSSR count). The molecule has 1 heterocycles. The summed E-state index contributed by atoms with van der Waals surface area (Å²) < 4.78 is 24.4. The lowest BCUT2D eigenvalue weighted by Crippen LogP contribution is -2.44. The number of para-hydroxylation sites is 1. The number of halogens is 1. The largest absolute Gasteiger partial charge is 0.489 e. The Kier molecular flexibility index (Phi) is 8.04. The van der Waals surface area contributed by atoms with Gasteiger partial charge < -0.3 is 19.9 Å². The molecule has 0 aliphatic carbocycles. The lowest BCUT2D eigenvalue weighted by Gasteiger charge is -2.40. The third-order valence-corrected chi connectivity index (χ3v) is 5.79. The van der Waals surface area contributed by atoms with E-state index in [0.29, 0.717) is 25.4 Å². The Labute approximate surface area is 173 Å². The van der Waals surface area contributed by atoms with Gasteiger partial charge in [0.2, 0.25) is 0 Å². The van der Waals surface area contributed by atoms with Crippen LogP contribution in [-0.4, -0.2) is 31.9 Å². The average Bonchev–Trinajstić information content (AvgIpc) is 2.77. The number of nitrogens with one attached hydrogen (secondary N) is 1. The van der Waals surface area contributed by atoms with E-state index in [1.807, 2.05) is 24.3 Å². The summed E-state index contributed by atoms with van der Waals surface area (Å²) in [6.07, 6.45) is 4.51. The zero-order valence-electron chi connectivity index (χ0n) is 17.2. The number of benzene rings is 2. The Morgan fingerprint density at radius 2 is 1.93 bits per heavy atom. The first-order valence-corrected chi connectivity index (χ1v) is 10.5. The molecule has 1 fully saturated rings. The first-order chi connectivity index (χ1) is 14.1. The van der Waals surface area contributed by atoms with E-state index in [4.69, 9.17) is 9.47 Å². The molecule has 1 aliphatic rings. The summed E-state index contributed by atoms with van der Waals surface area (Å²) in [6, 6.07) is 14.1. The summed E-state index contributed by atoms with van der Waals surface area (Å²) in [7, 11) is 1.70.